The summed E-state index contributed by atoms with van der Waals surface area (Å²) in [6.07, 6.45) is 0.0142. The Bertz CT molecular complexity index is 630. The first-order valence-electron chi connectivity index (χ1n) is 6.28. The highest BCUT2D eigenvalue weighted by atomic mass is 19.1. The molecule has 0 aliphatic rings. The van der Waals surface area contributed by atoms with Crippen molar-refractivity contribution in [2.24, 2.45) is 0 Å². The van der Waals surface area contributed by atoms with Crippen molar-refractivity contribution in [1.29, 1.82) is 0 Å². The summed E-state index contributed by atoms with van der Waals surface area (Å²) in [5, 5.41) is 2.29. The maximum Gasteiger partial charge on any atom is 0.227 e. The van der Waals surface area contributed by atoms with Crippen molar-refractivity contribution in [1.82, 2.24) is 0 Å². The lowest BCUT2D eigenvalue weighted by Gasteiger charge is -2.08. The molecule has 0 spiro atoms. The van der Waals surface area contributed by atoms with Crippen LogP contribution >= 0.6 is 0 Å². The highest BCUT2D eigenvalue weighted by Crippen LogP contribution is 2.16. The molecule has 21 heavy (non-hydrogen) atoms. The minimum absolute atomic E-state index is 0.0142. The fraction of sp³-hybridized carbons (Fsp3) is 0.133. The average molecular weight is 292 g/mol. The molecule has 0 unspecified atom stereocenters. The number of amides is 1. The second-order valence-electron chi connectivity index (χ2n) is 4.34. The Balaban J connectivity index is 1.82. The van der Waals surface area contributed by atoms with E-state index in [1.807, 2.05) is 0 Å². The molecule has 2 aromatic carbocycles. The molecular formula is C15H14F2N2O2. The van der Waals surface area contributed by atoms with Crippen molar-refractivity contribution >= 4 is 17.3 Å². The highest BCUT2D eigenvalue weighted by molar-refractivity contribution is 5.90. The molecule has 0 saturated heterocycles. The summed E-state index contributed by atoms with van der Waals surface area (Å²) in [5.74, 6) is -1.20. The van der Waals surface area contributed by atoms with Gasteiger partial charge in [0.2, 0.25) is 5.91 Å². The summed E-state index contributed by atoms with van der Waals surface area (Å²) < 4.78 is 31.6. The summed E-state index contributed by atoms with van der Waals surface area (Å²) in [4.78, 5) is 11.6. The molecule has 0 aromatic heterocycles. The van der Waals surface area contributed by atoms with Crippen LogP contribution < -0.4 is 15.8 Å². The first-order valence-corrected chi connectivity index (χ1v) is 6.28. The zero-order valence-corrected chi connectivity index (χ0v) is 11.1. The zero-order valence-electron chi connectivity index (χ0n) is 11.1. The molecule has 0 atom stereocenters. The largest absolute Gasteiger partial charge is 0.493 e. The number of benzene rings is 2. The Kier molecular flexibility index (Phi) is 4.71. The van der Waals surface area contributed by atoms with E-state index < -0.39 is 17.5 Å². The van der Waals surface area contributed by atoms with E-state index in [4.69, 9.17) is 10.5 Å². The molecule has 2 aromatic rings. The van der Waals surface area contributed by atoms with Crippen LogP contribution in [0.1, 0.15) is 6.42 Å². The van der Waals surface area contributed by atoms with Gasteiger partial charge in [-0.15, -0.1) is 0 Å². The molecular weight excluding hydrogens is 278 g/mol. The van der Waals surface area contributed by atoms with E-state index in [-0.39, 0.29) is 18.7 Å². The number of nitrogens with two attached hydrogens (primary N) is 1. The van der Waals surface area contributed by atoms with Gasteiger partial charge in [-0.25, -0.2) is 8.78 Å². The molecule has 3 N–H and O–H groups in total. The van der Waals surface area contributed by atoms with E-state index in [9.17, 15) is 13.6 Å². The fourth-order valence-electron chi connectivity index (χ4n) is 1.63. The van der Waals surface area contributed by atoms with Crippen molar-refractivity contribution in [3.8, 4) is 5.75 Å². The molecule has 0 saturated carbocycles. The van der Waals surface area contributed by atoms with E-state index in [1.54, 1.807) is 24.3 Å². The van der Waals surface area contributed by atoms with Crippen molar-refractivity contribution in [3.05, 3.63) is 54.1 Å². The number of ether oxygens (including phenoxy) is 1. The molecule has 0 aliphatic carbocycles. The van der Waals surface area contributed by atoms with Gasteiger partial charge in [0.1, 0.15) is 17.4 Å². The highest BCUT2D eigenvalue weighted by Gasteiger charge is 2.08. The Morgan fingerprint density at radius 3 is 2.57 bits per heavy atom. The maximum atomic E-state index is 13.3. The number of hydrogen-bond donors (Lipinski definition) is 2. The quantitative estimate of drug-likeness (QED) is 0.833. The van der Waals surface area contributed by atoms with Crippen molar-refractivity contribution < 1.29 is 18.3 Å². The fourth-order valence-corrected chi connectivity index (χ4v) is 1.63. The van der Waals surface area contributed by atoms with Crippen LogP contribution in [-0.2, 0) is 4.79 Å². The Labute approximate surface area is 120 Å². The van der Waals surface area contributed by atoms with Crippen LogP contribution in [0.5, 0.6) is 5.75 Å². The maximum absolute atomic E-state index is 13.3. The molecule has 0 heterocycles. The number of nitrogens with one attached hydrogen (secondary N) is 1. The lowest BCUT2D eigenvalue weighted by Crippen LogP contribution is -2.16. The van der Waals surface area contributed by atoms with Crippen molar-refractivity contribution in [3.63, 3.8) is 0 Å². The number of anilines is 2. The van der Waals surface area contributed by atoms with Crippen LogP contribution in [0.25, 0.3) is 0 Å². The van der Waals surface area contributed by atoms with E-state index in [0.29, 0.717) is 11.4 Å². The van der Waals surface area contributed by atoms with E-state index in [0.717, 1.165) is 18.2 Å². The Hall–Kier alpha value is -2.63. The van der Waals surface area contributed by atoms with Gasteiger partial charge in [-0.1, -0.05) is 0 Å². The van der Waals surface area contributed by atoms with Crippen LogP contribution in [0.2, 0.25) is 0 Å². The third kappa shape index (κ3) is 4.45. The second kappa shape index (κ2) is 6.69. The smallest absolute Gasteiger partial charge is 0.227 e. The zero-order chi connectivity index (χ0) is 15.2. The van der Waals surface area contributed by atoms with Gasteiger partial charge >= 0.3 is 0 Å². The molecule has 4 nitrogen and oxygen atoms in total. The van der Waals surface area contributed by atoms with Gasteiger partial charge in [0.25, 0.3) is 0 Å². The normalized spacial score (nSPS) is 10.2. The third-order valence-corrected chi connectivity index (χ3v) is 2.68. The molecule has 0 bridgehead atoms. The summed E-state index contributed by atoms with van der Waals surface area (Å²) in [7, 11) is 0. The lowest BCUT2D eigenvalue weighted by atomic mass is 10.3. The van der Waals surface area contributed by atoms with Gasteiger partial charge in [-0.05, 0) is 36.4 Å². The molecule has 0 aliphatic heterocycles. The topological polar surface area (TPSA) is 64.3 Å². The molecule has 1 amide bonds. The third-order valence-electron chi connectivity index (χ3n) is 2.68. The predicted molar refractivity (Wildman–Crippen MR) is 76.0 cm³/mol. The van der Waals surface area contributed by atoms with Gasteiger partial charge in [0.15, 0.2) is 0 Å². The van der Waals surface area contributed by atoms with Crippen LogP contribution in [0.3, 0.4) is 0 Å². The van der Waals surface area contributed by atoms with E-state index in [2.05, 4.69) is 5.32 Å². The summed E-state index contributed by atoms with van der Waals surface area (Å²) in [6, 6.07) is 9.58. The standard InChI is InChI=1S/C15H14F2N2O2/c16-10-1-6-13(17)14(9-10)19-15(20)7-8-21-12-4-2-11(18)3-5-12/h1-6,9H,7-8,18H2,(H,19,20). The molecule has 0 fully saturated rings. The van der Waals surface area contributed by atoms with Gasteiger partial charge in [0, 0.05) is 11.8 Å². The van der Waals surface area contributed by atoms with Crippen molar-refractivity contribution in [2.75, 3.05) is 17.7 Å². The number of carbonyl (C=O) groups excluding carboxylic acids is 1. The number of halogens is 2. The predicted octanol–water partition coefficient (Wildman–Crippen LogP) is 2.95. The van der Waals surface area contributed by atoms with Crippen LogP contribution in [0.15, 0.2) is 42.5 Å². The van der Waals surface area contributed by atoms with Gasteiger partial charge in [-0.2, -0.15) is 0 Å². The van der Waals surface area contributed by atoms with Gasteiger partial charge in [-0.3, -0.25) is 4.79 Å². The Morgan fingerprint density at radius 2 is 1.86 bits per heavy atom. The number of nitrogen functional groups attached to an aromatic ring is 1. The number of rotatable bonds is 5. The number of hydrogen-bond acceptors (Lipinski definition) is 3. The van der Waals surface area contributed by atoms with Crippen LogP contribution in [0, 0.1) is 11.6 Å². The van der Waals surface area contributed by atoms with Crippen molar-refractivity contribution in [2.45, 2.75) is 6.42 Å². The average Bonchev–Trinajstić information content (AvgIpc) is 2.45. The first kappa shape index (κ1) is 14.8. The minimum atomic E-state index is -0.691. The Morgan fingerprint density at radius 1 is 1.14 bits per heavy atom. The van der Waals surface area contributed by atoms with Gasteiger partial charge in [0.05, 0.1) is 18.7 Å². The van der Waals surface area contributed by atoms with E-state index in [1.165, 1.54) is 0 Å². The first-order chi connectivity index (χ1) is 10.0. The number of carbonyl (C=O) groups is 1. The molecule has 0 radical (unpaired) electrons. The van der Waals surface area contributed by atoms with E-state index >= 15 is 0 Å². The second-order valence-corrected chi connectivity index (χ2v) is 4.34. The molecule has 6 heteroatoms. The summed E-state index contributed by atoms with van der Waals surface area (Å²) >= 11 is 0. The minimum Gasteiger partial charge on any atom is -0.493 e. The summed E-state index contributed by atoms with van der Waals surface area (Å²) in [5.41, 5.74) is 5.96. The molecule has 110 valence electrons. The van der Waals surface area contributed by atoms with Crippen LogP contribution in [-0.4, -0.2) is 12.5 Å². The lowest BCUT2D eigenvalue weighted by molar-refractivity contribution is -0.116. The van der Waals surface area contributed by atoms with Gasteiger partial charge < -0.3 is 15.8 Å². The monoisotopic (exact) mass is 292 g/mol. The SMILES string of the molecule is Nc1ccc(OCCC(=O)Nc2cc(F)ccc2F)cc1. The summed E-state index contributed by atoms with van der Waals surface area (Å²) in [6.45, 7) is 0.118. The van der Waals surface area contributed by atoms with Crippen LogP contribution in [0.4, 0.5) is 20.2 Å². The molecule has 2 rings (SSSR count).